The first-order valence-corrected chi connectivity index (χ1v) is 24.8. The summed E-state index contributed by atoms with van der Waals surface area (Å²) in [6.45, 7) is 0. The molecule has 0 fully saturated rings. The molecule has 4 heterocycles. The van der Waals surface area contributed by atoms with E-state index in [1.807, 2.05) is 0 Å². The number of fused-ring (bicyclic) bond motifs is 4. The highest BCUT2D eigenvalue weighted by Crippen LogP contribution is 2.80. The minimum atomic E-state index is -1.87. The van der Waals surface area contributed by atoms with Gasteiger partial charge >= 0.3 is 0 Å². The highest BCUT2D eigenvalue weighted by molar-refractivity contribution is 8.34. The fourth-order valence-corrected chi connectivity index (χ4v) is 18.1. The van der Waals surface area contributed by atoms with Gasteiger partial charge in [0.05, 0.1) is 34.1 Å². The van der Waals surface area contributed by atoms with Crippen LogP contribution in [0.3, 0.4) is 0 Å². The van der Waals surface area contributed by atoms with Crippen molar-refractivity contribution in [2.24, 2.45) is 0 Å². The van der Waals surface area contributed by atoms with Crippen LogP contribution in [0.1, 0.15) is 0 Å². The van der Waals surface area contributed by atoms with Gasteiger partial charge in [0.2, 0.25) is 0 Å². The quantitative estimate of drug-likeness (QED) is 0.160. The summed E-state index contributed by atoms with van der Waals surface area (Å²) < 4.78 is 0. The van der Waals surface area contributed by atoms with Gasteiger partial charge in [0.1, 0.15) is 11.6 Å². The second-order valence-corrected chi connectivity index (χ2v) is 21.9. The molecule has 0 saturated heterocycles. The number of benzene rings is 8. The molecule has 8 aromatic carbocycles. The molecule has 2 aromatic heterocycles. The van der Waals surface area contributed by atoms with Crippen molar-refractivity contribution in [1.29, 1.82) is 0 Å². The lowest BCUT2D eigenvalue weighted by molar-refractivity contribution is 1.07. The van der Waals surface area contributed by atoms with E-state index in [0.29, 0.717) is 0 Å². The van der Waals surface area contributed by atoms with Gasteiger partial charge in [0, 0.05) is 39.2 Å². The van der Waals surface area contributed by atoms with E-state index in [1.165, 1.54) is 39.2 Å². The van der Waals surface area contributed by atoms with Crippen LogP contribution in [0.25, 0.3) is 11.4 Å². The van der Waals surface area contributed by atoms with Crippen LogP contribution in [0, 0.1) is 0 Å². The van der Waals surface area contributed by atoms with Crippen LogP contribution < -0.4 is 9.80 Å². The maximum absolute atomic E-state index is 5.49. The van der Waals surface area contributed by atoms with Crippen LogP contribution in [-0.4, -0.2) is 9.97 Å². The molecule has 12 rings (SSSR count). The molecule has 0 N–H and O–H groups in total. The van der Waals surface area contributed by atoms with Crippen LogP contribution in [0.5, 0.6) is 0 Å². The van der Waals surface area contributed by atoms with Gasteiger partial charge in [-0.2, -0.15) is 0 Å². The average Bonchev–Trinajstić information content (AvgIpc) is 3.38. The molecule has 10 aromatic rings. The molecule has 2 aliphatic rings. The predicted octanol–water partition coefficient (Wildman–Crippen LogP) is 16.4. The summed E-state index contributed by atoms with van der Waals surface area (Å²) in [5.41, 5.74) is 6.10. The van der Waals surface area contributed by atoms with Crippen molar-refractivity contribution < 1.29 is 0 Å². The van der Waals surface area contributed by atoms with Crippen molar-refractivity contribution in [1.82, 2.24) is 9.97 Å². The van der Waals surface area contributed by atoms with Gasteiger partial charge in [-0.05, 0) is 121 Å². The molecule has 0 spiro atoms. The molecule has 0 aliphatic carbocycles. The standard InChI is InChI=1S/C58H42N4S2/c1-5-23-43(24-6-1)63(44-25-7-2-8-26-44)53-37-17-13-33-49(53)61(50-34-14-18-38-54(50)63)57-41-21-31-47(59-57)48-32-22-42-58(60-48)62-51-35-15-19-39-55(51)64(45-27-9-3-10-28-45,46-29-11-4-12-30-46)56-40-20-16-36-52(56)62/h1-42H. The third-order valence-corrected chi connectivity index (χ3v) is 20.3. The predicted molar refractivity (Wildman–Crippen MR) is 264 cm³/mol. The second-order valence-electron chi connectivity index (χ2n) is 15.8. The van der Waals surface area contributed by atoms with Crippen molar-refractivity contribution in [2.75, 3.05) is 9.80 Å². The van der Waals surface area contributed by atoms with Crippen LogP contribution in [-0.2, 0) is 0 Å². The van der Waals surface area contributed by atoms with Gasteiger partial charge in [-0.15, -0.1) is 20.1 Å². The monoisotopic (exact) mass is 858 g/mol. The zero-order valence-electron chi connectivity index (χ0n) is 34.9. The van der Waals surface area contributed by atoms with Gasteiger partial charge in [-0.3, -0.25) is 9.80 Å². The first-order valence-electron chi connectivity index (χ1n) is 21.6. The molecule has 0 amide bonds. The van der Waals surface area contributed by atoms with Gasteiger partial charge in [-0.25, -0.2) is 9.97 Å². The van der Waals surface area contributed by atoms with Crippen molar-refractivity contribution >= 4 is 54.4 Å². The normalized spacial score (nSPS) is 15.1. The van der Waals surface area contributed by atoms with E-state index in [4.69, 9.17) is 9.97 Å². The molecule has 0 unspecified atom stereocenters. The zero-order valence-corrected chi connectivity index (χ0v) is 36.5. The molecular weight excluding hydrogens is 817 g/mol. The van der Waals surface area contributed by atoms with Crippen molar-refractivity contribution in [3.05, 3.63) is 255 Å². The Balaban J connectivity index is 1.01. The van der Waals surface area contributed by atoms with E-state index < -0.39 is 20.1 Å². The lowest BCUT2D eigenvalue weighted by Gasteiger charge is -2.49. The maximum atomic E-state index is 5.49. The summed E-state index contributed by atoms with van der Waals surface area (Å²) in [7, 11) is -3.75. The van der Waals surface area contributed by atoms with Gasteiger partial charge in [0.25, 0.3) is 0 Å². The smallest absolute Gasteiger partial charge is 0.138 e. The number of rotatable bonds is 7. The fraction of sp³-hybridized carbons (Fsp3) is 0. The number of hydrogen-bond donors (Lipinski definition) is 0. The molecule has 6 heteroatoms. The summed E-state index contributed by atoms with van der Waals surface area (Å²) in [5, 5.41) is 0. The molecule has 0 radical (unpaired) electrons. The van der Waals surface area contributed by atoms with E-state index in [2.05, 4.69) is 265 Å². The highest BCUT2D eigenvalue weighted by atomic mass is 32.3. The highest BCUT2D eigenvalue weighted by Gasteiger charge is 2.44. The van der Waals surface area contributed by atoms with Crippen LogP contribution in [0.4, 0.5) is 34.4 Å². The molecule has 4 nitrogen and oxygen atoms in total. The van der Waals surface area contributed by atoms with Crippen molar-refractivity contribution in [3.8, 4) is 11.4 Å². The van der Waals surface area contributed by atoms with E-state index in [1.54, 1.807) is 0 Å². The molecule has 0 bridgehead atoms. The van der Waals surface area contributed by atoms with E-state index >= 15 is 0 Å². The summed E-state index contributed by atoms with van der Waals surface area (Å²) in [4.78, 5) is 26.0. The molecule has 0 saturated carbocycles. The third-order valence-electron chi connectivity index (χ3n) is 12.3. The largest absolute Gasteiger partial charge is 0.293 e. The number of hydrogen-bond acceptors (Lipinski definition) is 4. The summed E-state index contributed by atoms with van der Waals surface area (Å²) in [5.74, 6) is 1.68. The number of aromatic nitrogens is 2. The summed E-state index contributed by atoms with van der Waals surface area (Å²) >= 11 is 0. The third kappa shape index (κ3) is 5.73. The molecular formula is C58H42N4S2. The lowest BCUT2D eigenvalue weighted by Crippen LogP contribution is -2.22. The summed E-state index contributed by atoms with van der Waals surface area (Å²) in [6, 6.07) is 92.4. The minimum absolute atomic E-state index is 0.803. The zero-order chi connectivity index (χ0) is 42.5. The molecule has 306 valence electrons. The van der Waals surface area contributed by atoms with Crippen molar-refractivity contribution in [2.45, 2.75) is 39.2 Å². The van der Waals surface area contributed by atoms with E-state index in [9.17, 15) is 0 Å². The van der Waals surface area contributed by atoms with Crippen molar-refractivity contribution in [3.63, 3.8) is 0 Å². The topological polar surface area (TPSA) is 32.3 Å². The van der Waals surface area contributed by atoms with Crippen LogP contribution >= 0.6 is 20.1 Å². The molecule has 2 aliphatic heterocycles. The Kier molecular flexibility index (Phi) is 9.29. The second kappa shape index (κ2) is 15.6. The first kappa shape index (κ1) is 38.1. The number of para-hydroxylation sites is 4. The Morgan fingerprint density at radius 2 is 0.484 bits per heavy atom. The molecule has 64 heavy (non-hydrogen) atoms. The van der Waals surface area contributed by atoms with Gasteiger partial charge in [-0.1, -0.05) is 133 Å². The Morgan fingerprint density at radius 3 is 0.766 bits per heavy atom. The Labute approximate surface area is 377 Å². The van der Waals surface area contributed by atoms with Gasteiger partial charge < -0.3 is 0 Å². The van der Waals surface area contributed by atoms with E-state index in [0.717, 1.165) is 45.8 Å². The number of pyridine rings is 2. The van der Waals surface area contributed by atoms with E-state index in [-0.39, 0.29) is 0 Å². The Hall–Kier alpha value is -7.64. The Morgan fingerprint density at radius 1 is 0.234 bits per heavy atom. The Bertz CT molecular complexity index is 2910. The van der Waals surface area contributed by atoms with Gasteiger partial charge in [0.15, 0.2) is 0 Å². The first-order chi connectivity index (χ1) is 31.8. The minimum Gasteiger partial charge on any atom is -0.293 e. The number of nitrogens with zero attached hydrogens (tertiary/aromatic N) is 4. The lowest BCUT2D eigenvalue weighted by atomic mass is 10.2. The number of anilines is 6. The van der Waals surface area contributed by atoms with Crippen LogP contribution in [0.2, 0.25) is 0 Å². The maximum Gasteiger partial charge on any atom is 0.138 e. The average molecular weight is 859 g/mol. The SMILES string of the molecule is c1ccc(S2(c3ccccc3)c3ccccc3N(c3cccc(-c4cccc(N5c6ccccc6S(c6ccccc6)(c6ccccc6)c6ccccc65)n4)n3)c3ccccc32)cc1. The van der Waals surface area contributed by atoms with Crippen LogP contribution in [0.15, 0.2) is 294 Å². The fourth-order valence-electron chi connectivity index (χ4n) is 9.76. The summed E-state index contributed by atoms with van der Waals surface area (Å²) in [6.07, 6.45) is 0. The molecule has 0 atom stereocenters.